The first kappa shape index (κ1) is 33.1. The summed E-state index contributed by atoms with van der Waals surface area (Å²) in [4.78, 5) is 56.3. The van der Waals surface area contributed by atoms with Gasteiger partial charge in [-0.3, -0.25) is 9.59 Å². The highest BCUT2D eigenvalue weighted by atomic mass is 16.6. The fourth-order valence-corrected chi connectivity index (χ4v) is 4.67. The zero-order chi connectivity index (χ0) is 28.3. The molecule has 38 heavy (non-hydrogen) atoms. The summed E-state index contributed by atoms with van der Waals surface area (Å²) in [6, 6.07) is 0. The number of aliphatic carboxylic acids is 3. The summed E-state index contributed by atoms with van der Waals surface area (Å²) in [5, 5.41) is 27.2. The molecule has 0 aromatic rings. The minimum absolute atomic E-state index is 0.348. The van der Waals surface area contributed by atoms with Crippen LogP contribution in [-0.4, -0.2) is 45.2 Å². The normalized spacial score (nSPS) is 14.6. The molecule has 1 atom stereocenters. The van der Waals surface area contributed by atoms with E-state index in [1.165, 1.54) is 57.4 Å². The third-order valence-corrected chi connectivity index (χ3v) is 6.99. The van der Waals surface area contributed by atoms with Crippen LogP contribution in [0.25, 0.3) is 0 Å². The molecular formula is C29H44O9. The Labute approximate surface area is 225 Å². The Hall–Kier alpha value is -2.97. The fourth-order valence-electron chi connectivity index (χ4n) is 4.67. The standard InChI is InChI=1S/C29H44O9/c1-21-22(29(37)38-28(21)36)18-16-14-12-10-8-6-4-2-3-5-7-9-11-13-15-17-19-23(26(32)33)24(27(34)35)20-25(30)31/h19,24H,2-18,20H2,1H3,(H,30,31)(H,32,33)(H,34,35)/b23-19-. The summed E-state index contributed by atoms with van der Waals surface area (Å²) in [6.07, 6.45) is 18.4. The van der Waals surface area contributed by atoms with Gasteiger partial charge >= 0.3 is 29.8 Å². The van der Waals surface area contributed by atoms with E-state index in [2.05, 4.69) is 4.74 Å². The van der Waals surface area contributed by atoms with Gasteiger partial charge in [-0.1, -0.05) is 89.5 Å². The second kappa shape index (κ2) is 19.2. The molecule has 9 nitrogen and oxygen atoms in total. The number of hydrogen-bond acceptors (Lipinski definition) is 6. The van der Waals surface area contributed by atoms with Gasteiger partial charge in [0.05, 0.1) is 12.3 Å². The lowest BCUT2D eigenvalue weighted by Crippen LogP contribution is -2.24. The van der Waals surface area contributed by atoms with Gasteiger partial charge in [0.1, 0.15) is 0 Å². The molecule has 0 saturated heterocycles. The summed E-state index contributed by atoms with van der Waals surface area (Å²) < 4.78 is 4.61. The van der Waals surface area contributed by atoms with Crippen LogP contribution < -0.4 is 0 Å². The van der Waals surface area contributed by atoms with Crippen LogP contribution in [0.15, 0.2) is 22.8 Å². The van der Waals surface area contributed by atoms with Crippen molar-refractivity contribution in [3.8, 4) is 0 Å². The molecule has 0 aromatic carbocycles. The lowest BCUT2D eigenvalue weighted by atomic mass is 9.94. The van der Waals surface area contributed by atoms with E-state index in [1.807, 2.05) is 0 Å². The van der Waals surface area contributed by atoms with Gasteiger partial charge in [0.2, 0.25) is 0 Å². The second-order valence-electron chi connectivity index (χ2n) is 10.1. The highest BCUT2D eigenvalue weighted by Gasteiger charge is 2.30. The summed E-state index contributed by atoms with van der Waals surface area (Å²) in [7, 11) is 0. The Bertz CT molecular complexity index is 869. The fraction of sp³-hybridized carbons (Fsp3) is 0.690. The van der Waals surface area contributed by atoms with E-state index in [9.17, 15) is 29.1 Å². The minimum atomic E-state index is -1.53. The van der Waals surface area contributed by atoms with Gasteiger partial charge < -0.3 is 20.1 Å². The molecule has 1 unspecified atom stereocenters. The molecule has 0 aromatic heterocycles. The van der Waals surface area contributed by atoms with Crippen LogP contribution >= 0.6 is 0 Å². The van der Waals surface area contributed by atoms with Crippen molar-refractivity contribution in [2.24, 2.45) is 5.92 Å². The van der Waals surface area contributed by atoms with Gasteiger partial charge in [-0.2, -0.15) is 0 Å². The number of cyclic esters (lactones) is 2. The van der Waals surface area contributed by atoms with Gasteiger partial charge in [-0.25, -0.2) is 14.4 Å². The Morgan fingerprint density at radius 1 is 0.711 bits per heavy atom. The van der Waals surface area contributed by atoms with Gasteiger partial charge in [-0.15, -0.1) is 0 Å². The monoisotopic (exact) mass is 536 g/mol. The summed E-state index contributed by atoms with van der Waals surface area (Å²) >= 11 is 0. The maximum absolute atomic E-state index is 11.5. The van der Waals surface area contributed by atoms with Crippen molar-refractivity contribution in [2.75, 3.05) is 0 Å². The summed E-state index contributed by atoms with van der Waals surface area (Å²) in [5.74, 6) is -6.66. The zero-order valence-corrected chi connectivity index (χ0v) is 22.7. The molecule has 0 amide bonds. The number of carboxylic acid groups (broad SMARTS) is 3. The first-order valence-electron chi connectivity index (χ1n) is 14.0. The molecule has 1 aliphatic heterocycles. The van der Waals surface area contributed by atoms with E-state index in [4.69, 9.17) is 10.2 Å². The van der Waals surface area contributed by atoms with Crippen molar-refractivity contribution in [3.63, 3.8) is 0 Å². The maximum Gasteiger partial charge on any atom is 0.342 e. The molecule has 0 bridgehead atoms. The topological polar surface area (TPSA) is 155 Å². The predicted octanol–water partition coefficient (Wildman–Crippen LogP) is 6.20. The van der Waals surface area contributed by atoms with Crippen LogP contribution in [0, 0.1) is 5.92 Å². The second-order valence-corrected chi connectivity index (χ2v) is 10.1. The average molecular weight is 537 g/mol. The van der Waals surface area contributed by atoms with Gasteiger partial charge in [0, 0.05) is 16.7 Å². The number of unbranched alkanes of at least 4 members (excludes halogenated alkanes) is 15. The number of carbonyl (C=O) groups is 5. The summed E-state index contributed by atoms with van der Waals surface area (Å²) in [6.45, 7) is 1.65. The van der Waals surface area contributed by atoms with Crippen molar-refractivity contribution in [1.29, 1.82) is 0 Å². The number of carbonyl (C=O) groups excluding carboxylic acids is 2. The van der Waals surface area contributed by atoms with Gasteiger partial charge in [0.25, 0.3) is 0 Å². The zero-order valence-electron chi connectivity index (χ0n) is 22.7. The van der Waals surface area contributed by atoms with Crippen LogP contribution in [0.4, 0.5) is 0 Å². The number of hydrogen-bond donors (Lipinski definition) is 3. The molecule has 1 heterocycles. The van der Waals surface area contributed by atoms with E-state index in [1.54, 1.807) is 6.92 Å². The maximum atomic E-state index is 11.5. The molecule has 9 heteroatoms. The largest absolute Gasteiger partial charge is 0.481 e. The van der Waals surface area contributed by atoms with Crippen LogP contribution in [0.3, 0.4) is 0 Å². The smallest absolute Gasteiger partial charge is 0.342 e. The molecule has 0 fully saturated rings. The molecule has 0 saturated carbocycles. The number of allylic oxidation sites excluding steroid dienone is 1. The molecule has 1 aliphatic rings. The lowest BCUT2D eigenvalue weighted by Gasteiger charge is -2.11. The van der Waals surface area contributed by atoms with Crippen LogP contribution in [0.5, 0.6) is 0 Å². The Kier molecular flexibility index (Phi) is 16.7. The number of rotatable bonds is 23. The quantitative estimate of drug-likeness (QED) is 0.0598. The van der Waals surface area contributed by atoms with E-state index < -0.39 is 42.2 Å². The third kappa shape index (κ3) is 13.5. The first-order valence-corrected chi connectivity index (χ1v) is 14.0. The van der Waals surface area contributed by atoms with Crippen LogP contribution in [-0.2, 0) is 28.7 Å². The molecule has 1 rings (SSSR count). The Morgan fingerprint density at radius 2 is 1.16 bits per heavy atom. The number of esters is 2. The van der Waals surface area contributed by atoms with Gasteiger partial charge in [-0.05, 0) is 32.6 Å². The highest BCUT2D eigenvalue weighted by molar-refractivity contribution is 6.11. The molecule has 0 aliphatic carbocycles. The van der Waals surface area contributed by atoms with E-state index in [-0.39, 0.29) is 5.57 Å². The number of ether oxygens (including phenoxy) is 1. The molecular weight excluding hydrogens is 492 g/mol. The average Bonchev–Trinajstić information content (AvgIpc) is 3.09. The van der Waals surface area contributed by atoms with Crippen molar-refractivity contribution in [2.45, 2.75) is 122 Å². The lowest BCUT2D eigenvalue weighted by molar-refractivity contribution is -0.151. The van der Waals surface area contributed by atoms with Crippen molar-refractivity contribution in [3.05, 3.63) is 22.8 Å². The molecule has 0 spiro atoms. The first-order chi connectivity index (χ1) is 18.1. The van der Waals surface area contributed by atoms with Crippen molar-refractivity contribution >= 4 is 29.8 Å². The Balaban J connectivity index is 1.96. The molecule has 3 N–H and O–H groups in total. The third-order valence-electron chi connectivity index (χ3n) is 6.99. The minimum Gasteiger partial charge on any atom is -0.481 e. The van der Waals surface area contributed by atoms with Crippen LogP contribution in [0.1, 0.15) is 122 Å². The van der Waals surface area contributed by atoms with Gasteiger partial charge in [0.15, 0.2) is 0 Å². The molecule has 0 radical (unpaired) electrons. The van der Waals surface area contributed by atoms with E-state index in [0.29, 0.717) is 24.0 Å². The van der Waals surface area contributed by atoms with Crippen LogP contribution in [0.2, 0.25) is 0 Å². The van der Waals surface area contributed by atoms with Crippen molar-refractivity contribution < 1.29 is 44.0 Å². The summed E-state index contributed by atoms with van der Waals surface area (Å²) in [5.41, 5.74) is 0.656. The molecule has 214 valence electrons. The highest BCUT2D eigenvalue weighted by Crippen LogP contribution is 2.23. The SMILES string of the molecule is CC1=C(CCCCCCCCCCCCCCCCC/C=C(\C(=O)O)C(CC(=O)O)C(=O)O)C(=O)OC1=O. The van der Waals surface area contributed by atoms with E-state index >= 15 is 0 Å². The Morgan fingerprint density at radius 3 is 1.53 bits per heavy atom. The number of carboxylic acids is 3. The van der Waals surface area contributed by atoms with E-state index in [0.717, 1.165) is 44.9 Å². The predicted molar refractivity (Wildman–Crippen MR) is 141 cm³/mol. The van der Waals surface area contributed by atoms with Crippen molar-refractivity contribution in [1.82, 2.24) is 0 Å².